The summed E-state index contributed by atoms with van der Waals surface area (Å²) in [6.07, 6.45) is 0.734. The number of ether oxygens (including phenoxy) is 1. The van der Waals surface area contributed by atoms with E-state index in [1.807, 2.05) is 36.4 Å². The lowest BCUT2D eigenvalue weighted by atomic mass is 10.0. The maximum Gasteiger partial charge on any atom is 0.156 e. The standard InChI is InChI=1S/C19H19N3O3/c1-25-15-4-2-14(3-5-15)20-19-17-7-11-6-12(9-23)13(10-24)8-16(11)18(17)21-22-19/h2-6,8,23-24H,7,9-10H2,1H3,(H2,20,21,22). The highest BCUT2D eigenvalue weighted by Gasteiger charge is 2.26. The van der Waals surface area contributed by atoms with Gasteiger partial charge in [-0.2, -0.15) is 5.10 Å². The van der Waals surface area contributed by atoms with Crippen LogP contribution in [0.1, 0.15) is 22.3 Å². The van der Waals surface area contributed by atoms with E-state index in [9.17, 15) is 10.2 Å². The summed E-state index contributed by atoms with van der Waals surface area (Å²) in [5, 5.41) is 29.8. The van der Waals surface area contributed by atoms with Crippen molar-refractivity contribution in [1.82, 2.24) is 10.2 Å². The smallest absolute Gasteiger partial charge is 0.156 e. The number of aromatic nitrogens is 2. The Morgan fingerprint density at radius 1 is 1.12 bits per heavy atom. The van der Waals surface area contributed by atoms with Gasteiger partial charge in [0.25, 0.3) is 0 Å². The maximum atomic E-state index is 9.51. The molecule has 0 spiro atoms. The Labute approximate surface area is 145 Å². The van der Waals surface area contributed by atoms with Crippen LogP contribution in [0.15, 0.2) is 36.4 Å². The highest BCUT2D eigenvalue weighted by molar-refractivity contribution is 5.80. The average molecular weight is 337 g/mol. The monoisotopic (exact) mass is 337 g/mol. The molecule has 4 N–H and O–H groups in total. The van der Waals surface area contributed by atoms with Crippen LogP contribution in [0.2, 0.25) is 0 Å². The summed E-state index contributed by atoms with van der Waals surface area (Å²) in [6.45, 7) is -0.171. The number of hydrogen-bond acceptors (Lipinski definition) is 5. The lowest BCUT2D eigenvalue weighted by molar-refractivity contribution is 0.260. The van der Waals surface area contributed by atoms with Crippen LogP contribution in [0.25, 0.3) is 11.3 Å². The minimum absolute atomic E-state index is 0.0771. The number of aromatic amines is 1. The first kappa shape index (κ1) is 15.7. The molecule has 25 heavy (non-hydrogen) atoms. The Balaban J connectivity index is 1.66. The van der Waals surface area contributed by atoms with Gasteiger partial charge in [-0.3, -0.25) is 5.10 Å². The van der Waals surface area contributed by atoms with Gasteiger partial charge in [0.2, 0.25) is 0 Å². The summed E-state index contributed by atoms with van der Waals surface area (Å²) in [7, 11) is 1.64. The molecule has 128 valence electrons. The molecule has 1 aliphatic rings. The molecule has 0 saturated carbocycles. The molecule has 6 heteroatoms. The number of rotatable bonds is 5. The fraction of sp³-hybridized carbons (Fsp3) is 0.211. The van der Waals surface area contributed by atoms with Crippen LogP contribution in [0.4, 0.5) is 11.5 Å². The van der Waals surface area contributed by atoms with Crippen LogP contribution in [-0.4, -0.2) is 27.5 Å². The molecule has 0 aliphatic heterocycles. The fourth-order valence-corrected chi connectivity index (χ4v) is 3.28. The Bertz CT molecular complexity index is 916. The van der Waals surface area contributed by atoms with E-state index in [4.69, 9.17) is 4.74 Å². The highest BCUT2D eigenvalue weighted by Crippen LogP contribution is 2.40. The van der Waals surface area contributed by atoms with Gasteiger partial charge in [0.15, 0.2) is 5.82 Å². The number of hydrogen-bond donors (Lipinski definition) is 4. The molecular weight excluding hydrogens is 318 g/mol. The van der Waals surface area contributed by atoms with Gasteiger partial charge in [0.1, 0.15) is 5.75 Å². The summed E-state index contributed by atoms with van der Waals surface area (Å²) in [6, 6.07) is 11.6. The molecule has 1 aliphatic carbocycles. The van der Waals surface area contributed by atoms with E-state index >= 15 is 0 Å². The first-order valence-electron chi connectivity index (χ1n) is 8.08. The molecule has 0 bridgehead atoms. The van der Waals surface area contributed by atoms with Crippen LogP contribution in [0.3, 0.4) is 0 Å². The number of anilines is 2. The quantitative estimate of drug-likeness (QED) is 0.449. The third-order valence-electron chi connectivity index (χ3n) is 4.62. The molecular formula is C19H19N3O3. The average Bonchev–Trinajstić information content (AvgIpc) is 3.20. The summed E-state index contributed by atoms with van der Waals surface area (Å²) < 4.78 is 5.17. The van der Waals surface area contributed by atoms with E-state index in [-0.39, 0.29) is 13.2 Å². The van der Waals surface area contributed by atoms with Crippen molar-refractivity contribution in [1.29, 1.82) is 0 Å². The second-order valence-corrected chi connectivity index (χ2v) is 6.05. The second kappa shape index (κ2) is 6.23. The van der Waals surface area contributed by atoms with Crippen LogP contribution in [-0.2, 0) is 19.6 Å². The molecule has 6 nitrogen and oxygen atoms in total. The van der Waals surface area contributed by atoms with Crippen LogP contribution < -0.4 is 10.1 Å². The molecule has 1 aromatic heterocycles. The Morgan fingerprint density at radius 2 is 1.84 bits per heavy atom. The number of aliphatic hydroxyl groups excluding tert-OH is 2. The number of aliphatic hydroxyl groups is 2. The van der Waals surface area contributed by atoms with Crippen molar-refractivity contribution in [3.63, 3.8) is 0 Å². The van der Waals surface area contributed by atoms with Crippen molar-refractivity contribution >= 4 is 11.5 Å². The van der Waals surface area contributed by atoms with E-state index in [1.54, 1.807) is 7.11 Å². The predicted molar refractivity (Wildman–Crippen MR) is 95.0 cm³/mol. The van der Waals surface area contributed by atoms with Crippen molar-refractivity contribution in [3.05, 3.63) is 58.7 Å². The maximum absolute atomic E-state index is 9.51. The van der Waals surface area contributed by atoms with Gasteiger partial charge in [-0.05, 0) is 47.0 Å². The molecule has 2 aromatic carbocycles. The SMILES string of the molecule is COc1ccc(Nc2n[nH]c3c2Cc2cc(CO)c(CO)cc2-3)cc1. The Morgan fingerprint density at radius 3 is 2.52 bits per heavy atom. The van der Waals surface area contributed by atoms with E-state index in [0.717, 1.165) is 57.2 Å². The van der Waals surface area contributed by atoms with E-state index in [1.165, 1.54) is 0 Å². The molecule has 0 unspecified atom stereocenters. The van der Waals surface area contributed by atoms with Crippen molar-refractivity contribution in [2.24, 2.45) is 0 Å². The largest absolute Gasteiger partial charge is 0.497 e. The number of nitrogens with one attached hydrogen (secondary N) is 2. The third-order valence-corrected chi connectivity index (χ3v) is 4.62. The van der Waals surface area contributed by atoms with E-state index in [0.29, 0.717) is 0 Å². The Kier molecular flexibility index (Phi) is 3.91. The summed E-state index contributed by atoms with van der Waals surface area (Å²) in [5.74, 6) is 1.59. The Hall–Kier alpha value is -2.83. The van der Waals surface area contributed by atoms with Gasteiger partial charge in [0.05, 0.1) is 26.0 Å². The zero-order valence-electron chi connectivity index (χ0n) is 13.8. The molecule has 1 heterocycles. The summed E-state index contributed by atoms with van der Waals surface area (Å²) in [5.41, 5.74) is 6.65. The van der Waals surface area contributed by atoms with Gasteiger partial charge >= 0.3 is 0 Å². The number of benzene rings is 2. The first-order valence-corrected chi connectivity index (χ1v) is 8.08. The van der Waals surface area contributed by atoms with Crippen molar-refractivity contribution in [2.75, 3.05) is 12.4 Å². The molecule has 3 aromatic rings. The zero-order chi connectivity index (χ0) is 17.4. The number of fused-ring (bicyclic) bond motifs is 3. The number of nitrogens with zero attached hydrogens (tertiary/aromatic N) is 1. The first-order chi connectivity index (χ1) is 12.2. The van der Waals surface area contributed by atoms with Crippen LogP contribution in [0, 0.1) is 0 Å². The second-order valence-electron chi connectivity index (χ2n) is 6.05. The predicted octanol–water partition coefficient (Wildman–Crippen LogP) is 2.72. The normalized spacial score (nSPS) is 12.0. The van der Waals surface area contributed by atoms with Crippen molar-refractivity contribution in [2.45, 2.75) is 19.6 Å². The molecule has 0 atom stereocenters. The topological polar surface area (TPSA) is 90.4 Å². The van der Waals surface area contributed by atoms with Gasteiger partial charge in [0, 0.05) is 23.2 Å². The van der Waals surface area contributed by atoms with Crippen molar-refractivity contribution in [3.8, 4) is 17.0 Å². The molecule has 0 fully saturated rings. The van der Waals surface area contributed by atoms with Gasteiger partial charge in [-0.25, -0.2) is 0 Å². The third kappa shape index (κ3) is 2.65. The molecule has 0 amide bonds. The van der Waals surface area contributed by atoms with Crippen molar-refractivity contribution < 1.29 is 14.9 Å². The van der Waals surface area contributed by atoms with Gasteiger partial charge in [-0.1, -0.05) is 6.07 Å². The number of methoxy groups -OCH3 is 1. The minimum Gasteiger partial charge on any atom is -0.497 e. The zero-order valence-corrected chi connectivity index (χ0v) is 13.8. The van der Waals surface area contributed by atoms with E-state index in [2.05, 4.69) is 15.5 Å². The van der Waals surface area contributed by atoms with Crippen LogP contribution in [0.5, 0.6) is 5.75 Å². The lowest BCUT2D eigenvalue weighted by Crippen LogP contribution is -1.98. The highest BCUT2D eigenvalue weighted by atomic mass is 16.5. The molecule has 0 saturated heterocycles. The van der Waals surface area contributed by atoms with Gasteiger partial charge in [-0.15, -0.1) is 0 Å². The van der Waals surface area contributed by atoms with Crippen LogP contribution >= 0.6 is 0 Å². The molecule has 0 radical (unpaired) electrons. The lowest BCUT2D eigenvalue weighted by Gasteiger charge is -2.09. The molecule has 4 rings (SSSR count). The number of H-pyrrole nitrogens is 1. The van der Waals surface area contributed by atoms with Gasteiger partial charge < -0.3 is 20.3 Å². The minimum atomic E-state index is -0.0937. The van der Waals surface area contributed by atoms with E-state index < -0.39 is 0 Å². The summed E-state index contributed by atoms with van der Waals surface area (Å²) in [4.78, 5) is 0. The fourth-order valence-electron chi connectivity index (χ4n) is 3.28. The summed E-state index contributed by atoms with van der Waals surface area (Å²) >= 11 is 0.